The van der Waals surface area contributed by atoms with E-state index in [1.165, 1.54) is 5.56 Å². The first-order valence-corrected chi connectivity index (χ1v) is 10.3. The summed E-state index contributed by atoms with van der Waals surface area (Å²) in [6.07, 6.45) is 0. The number of hydrogen-bond acceptors (Lipinski definition) is 5. The molecule has 1 aliphatic heterocycles. The first kappa shape index (κ1) is 18.0. The number of nitrogens with zero attached hydrogens (tertiary/aromatic N) is 1. The molecule has 6 heteroatoms. The van der Waals surface area contributed by atoms with Crippen LogP contribution in [0.25, 0.3) is 0 Å². The molecule has 1 N–H and O–H groups in total. The highest BCUT2D eigenvalue weighted by molar-refractivity contribution is 7.99. The molecule has 27 heavy (non-hydrogen) atoms. The fourth-order valence-corrected chi connectivity index (χ4v) is 4.80. The molecule has 3 aromatic rings. The van der Waals surface area contributed by atoms with Crippen LogP contribution >= 0.6 is 23.1 Å². The maximum Gasteiger partial charge on any atom is 0.274 e. The number of carbonyl (C=O) groups excluding carboxylic acids is 1. The molecule has 1 amide bonds. The highest BCUT2D eigenvalue weighted by Gasteiger charge is 2.21. The van der Waals surface area contributed by atoms with E-state index in [1.807, 2.05) is 31.2 Å². The van der Waals surface area contributed by atoms with Crippen molar-refractivity contribution in [1.29, 1.82) is 0 Å². The van der Waals surface area contributed by atoms with Crippen LogP contribution < -0.4 is 5.48 Å². The van der Waals surface area contributed by atoms with Gasteiger partial charge in [0.25, 0.3) is 5.91 Å². The lowest BCUT2D eigenvalue weighted by atomic mass is 10.1. The summed E-state index contributed by atoms with van der Waals surface area (Å²) in [7, 11) is 0. The van der Waals surface area contributed by atoms with Gasteiger partial charge in [0, 0.05) is 20.9 Å². The lowest BCUT2D eigenvalue weighted by Crippen LogP contribution is -2.23. The highest BCUT2D eigenvalue weighted by Crippen LogP contribution is 2.42. The van der Waals surface area contributed by atoms with Crippen molar-refractivity contribution >= 4 is 40.4 Å². The number of thiophene rings is 1. The van der Waals surface area contributed by atoms with Gasteiger partial charge in [0.2, 0.25) is 0 Å². The number of benzene rings is 2. The molecule has 0 saturated carbocycles. The summed E-state index contributed by atoms with van der Waals surface area (Å²) in [5, 5.41) is 2.08. The van der Waals surface area contributed by atoms with E-state index in [4.69, 9.17) is 9.83 Å². The van der Waals surface area contributed by atoms with Gasteiger partial charge in [-0.05, 0) is 55.1 Å². The van der Waals surface area contributed by atoms with Gasteiger partial charge in [-0.1, -0.05) is 30.0 Å². The molecule has 0 aliphatic carbocycles. The van der Waals surface area contributed by atoms with Crippen LogP contribution in [0.3, 0.4) is 0 Å². The van der Waals surface area contributed by atoms with Crippen LogP contribution in [0.5, 0.6) is 0 Å². The summed E-state index contributed by atoms with van der Waals surface area (Å²) in [6.45, 7) is 4.34. The van der Waals surface area contributed by atoms with Crippen molar-refractivity contribution in [3.63, 3.8) is 0 Å². The molecule has 1 aliphatic rings. The van der Waals surface area contributed by atoms with Crippen LogP contribution in [0.15, 0.2) is 68.7 Å². The second kappa shape index (κ2) is 7.68. The number of nitrogens with one attached hydrogen (secondary N) is 1. The van der Waals surface area contributed by atoms with Gasteiger partial charge >= 0.3 is 0 Å². The zero-order chi connectivity index (χ0) is 18.8. The lowest BCUT2D eigenvalue weighted by molar-refractivity contribution is 0.0364. The van der Waals surface area contributed by atoms with Crippen LogP contribution in [0, 0.1) is 6.92 Å². The van der Waals surface area contributed by atoms with Gasteiger partial charge in [-0.2, -0.15) is 0 Å². The van der Waals surface area contributed by atoms with Gasteiger partial charge < -0.3 is 0 Å². The zero-order valence-corrected chi connectivity index (χ0v) is 16.6. The number of amides is 1. The van der Waals surface area contributed by atoms with Crippen molar-refractivity contribution < 1.29 is 9.63 Å². The summed E-state index contributed by atoms with van der Waals surface area (Å²) in [5.74, 6) is -0.268. The molecule has 0 bridgehead atoms. The van der Waals surface area contributed by atoms with Gasteiger partial charge in [-0.15, -0.1) is 11.3 Å². The van der Waals surface area contributed by atoms with Crippen LogP contribution in [0.4, 0.5) is 5.69 Å². The normalized spacial score (nSPS) is 12.6. The van der Waals surface area contributed by atoms with E-state index in [0.29, 0.717) is 12.2 Å². The van der Waals surface area contributed by atoms with E-state index < -0.39 is 0 Å². The molecule has 4 rings (SSSR count). The van der Waals surface area contributed by atoms with Gasteiger partial charge in [-0.25, -0.2) is 10.5 Å². The van der Waals surface area contributed by atoms with Gasteiger partial charge in [0.1, 0.15) is 0 Å². The van der Waals surface area contributed by atoms with Crippen molar-refractivity contribution in [3.8, 4) is 0 Å². The molecule has 136 valence electrons. The summed E-state index contributed by atoms with van der Waals surface area (Å²) in [6, 6.07) is 16.0. The molecule has 2 aromatic carbocycles. The summed E-state index contributed by atoms with van der Waals surface area (Å²) >= 11 is 3.36. The first-order chi connectivity index (χ1) is 13.2. The van der Waals surface area contributed by atoms with E-state index in [1.54, 1.807) is 29.2 Å². The predicted molar refractivity (Wildman–Crippen MR) is 110 cm³/mol. The van der Waals surface area contributed by atoms with E-state index >= 15 is 0 Å². The molecule has 0 radical (unpaired) electrons. The Hall–Kier alpha value is -2.41. The Morgan fingerprint density at radius 1 is 1.15 bits per heavy atom. The number of carbonyl (C=O) groups is 1. The Labute approximate surface area is 166 Å². The third-order valence-electron chi connectivity index (χ3n) is 4.20. The molecular weight excluding hydrogens is 376 g/mol. The minimum absolute atomic E-state index is 0.268. The van der Waals surface area contributed by atoms with E-state index in [2.05, 4.69) is 36.0 Å². The molecule has 0 fully saturated rings. The summed E-state index contributed by atoms with van der Waals surface area (Å²) in [4.78, 5) is 25.6. The van der Waals surface area contributed by atoms with Crippen molar-refractivity contribution in [2.75, 3.05) is 6.61 Å². The van der Waals surface area contributed by atoms with Gasteiger partial charge in [-0.3, -0.25) is 9.63 Å². The predicted octanol–water partition coefficient (Wildman–Crippen LogP) is 5.37. The highest BCUT2D eigenvalue weighted by atomic mass is 32.2. The monoisotopic (exact) mass is 394 g/mol. The third-order valence-corrected chi connectivity index (χ3v) is 6.37. The number of aliphatic imine (C=N–C) groups is 1. The van der Waals surface area contributed by atoms with E-state index in [9.17, 15) is 4.79 Å². The minimum Gasteiger partial charge on any atom is -0.274 e. The molecular formula is C21H18N2O2S2. The fourth-order valence-electron chi connectivity index (χ4n) is 2.87. The van der Waals surface area contributed by atoms with E-state index in [0.717, 1.165) is 31.6 Å². The first-order valence-electron chi connectivity index (χ1n) is 8.64. The van der Waals surface area contributed by atoms with Crippen LogP contribution in [0.2, 0.25) is 0 Å². The second-order valence-electron chi connectivity index (χ2n) is 6.04. The van der Waals surface area contributed by atoms with Gasteiger partial charge in [0.05, 0.1) is 22.9 Å². The molecule has 0 unspecified atom stereocenters. The number of rotatable bonds is 4. The topological polar surface area (TPSA) is 50.7 Å². The van der Waals surface area contributed by atoms with Gasteiger partial charge in [0.15, 0.2) is 0 Å². The maximum atomic E-state index is 12.3. The number of fused-ring (bicyclic) bond motifs is 2. The van der Waals surface area contributed by atoms with Crippen molar-refractivity contribution in [2.24, 2.45) is 4.99 Å². The number of hydroxylamine groups is 1. The molecule has 0 atom stereocenters. The average Bonchev–Trinajstić information content (AvgIpc) is 3.03. The SMILES string of the molecule is CCONC(=O)c1ccc2c(c1)N=C(c1sccc1C)c1ccccc1S2. The third kappa shape index (κ3) is 3.56. The molecule has 0 spiro atoms. The minimum atomic E-state index is -0.268. The number of hydrogen-bond donors (Lipinski definition) is 1. The molecule has 4 nitrogen and oxygen atoms in total. The standard InChI is InChI=1S/C21H18N2O2S2/c1-3-25-23-21(24)14-8-9-18-16(12-14)22-19(20-13(2)10-11-26-20)15-6-4-5-7-17(15)27-18/h4-12H,3H2,1-2H3,(H,23,24). The largest absolute Gasteiger partial charge is 0.274 e. The lowest BCUT2D eigenvalue weighted by Gasteiger charge is -2.08. The van der Waals surface area contributed by atoms with Crippen molar-refractivity contribution in [1.82, 2.24) is 5.48 Å². The van der Waals surface area contributed by atoms with Crippen LogP contribution in [0.1, 0.15) is 33.3 Å². The van der Waals surface area contributed by atoms with Crippen LogP contribution in [-0.2, 0) is 4.84 Å². The Kier molecular flexibility index (Phi) is 5.11. The summed E-state index contributed by atoms with van der Waals surface area (Å²) in [5.41, 5.74) is 7.03. The average molecular weight is 395 g/mol. The Morgan fingerprint density at radius 2 is 2.00 bits per heavy atom. The second-order valence-corrected chi connectivity index (χ2v) is 8.04. The Balaban J connectivity index is 1.85. The smallest absolute Gasteiger partial charge is 0.274 e. The number of aryl methyl sites for hydroxylation is 1. The Morgan fingerprint density at radius 3 is 2.78 bits per heavy atom. The molecule has 2 heterocycles. The summed E-state index contributed by atoms with van der Waals surface area (Å²) < 4.78 is 0. The maximum absolute atomic E-state index is 12.3. The quantitative estimate of drug-likeness (QED) is 0.473. The molecule has 1 aromatic heterocycles. The van der Waals surface area contributed by atoms with Crippen LogP contribution in [-0.4, -0.2) is 18.2 Å². The molecule has 0 saturated heterocycles. The Bertz CT molecular complexity index is 1040. The fraction of sp³-hybridized carbons (Fsp3) is 0.143. The van der Waals surface area contributed by atoms with E-state index in [-0.39, 0.29) is 5.91 Å². The van der Waals surface area contributed by atoms with Crippen molar-refractivity contribution in [2.45, 2.75) is 23.6 Å². The van der Waals surface area contributed by atoms with Crippen molar-refractivity contribution in [3.05, 3.63) is 75.5 Å². The zero-order valence-electron chi connectivity index (χ0n) is 15.0.